The number of nitro groups is 1. The van der Waals surface area contributed by atoms with Gasteiger partial charge < -0.3 is 4.57 Å². The molecule has 1 aromatic heterocycles. The van der Waals surface area contributed by atoms with Crippen LogP contribution in [-0.4, -0.2) is 37.9 Å². The Morgan fingerprint density at radius 2 is 1.91 bits per heavy atom. The van der Waals surface area contributed by atoms with Crippen LogP contribution in [0.4, 0.5) is 5.69 Å². The fourth-order valence-corrected chi connectivity index (χ4v) is 4.92. The summed E-state index contributed by atoms with van der Waals surface area (Å²) in [5, 5.41) is 15.3. The third kappa shape index (κ3) is 4.25. The molecule has 0 unspecified atom stereocenters. The van der Waals surface area contributed by atoms with Gasteiger partial charge >= 0.3 is 0 Å². The van der Waals surface area contributed by atoms with E-state index in [2.05, 4.69) is 11.9 Å². The van der Waals surface area contributed by atoms with Gasteiger partial charge in [0.05, 0.1) is 9.95 Å². The van der Waals surface area contributed by atoms with Crippen LogP contribution in [0.1, 0.15) is 11.1 Å². The summed E-state index contributed by atoms with van der Waals surface area (Å²) in [6, 6.07) is 12.5. The molecule has 2 aromatic carbocycles. The average Bonchev–Trinajstić information content (AvgIpc) is 3.06. The normalized spacial score (nSPS) is 15.2. The Morgan fingerprint density at radius 1 is 1.21 bits per heavy atom. The van der Waals surface area contributed by atoms with Crippen LogP contribution >= 0.6 is 24.0 Å². The Morgan fingerprint density at radius 3 is 2.56 bits per heavy atom. The molecule has 172 valence electrons. The van der Waals surface area contributed by atoms with E-state index in [0.717, 1.165) is 21.0 Å². The minimum Gasteiger partial charge on any atom is -0.338 e. The van der Waals surface area contributed by atoms with E-state index in [4.69, 9.17) is 12.2 Å². The Labute approximate surface area is 205 Å². The molecule has 34 heavy (non-hydrogen) atoms. The smallest absolute Gasteiger partial charge is 0.270 e. The Kier molecular flexibility index (Phi) is 6.36. The first-order chi connectivity index (χ1) is 16.2. The molecule has 0 aliphatic carbocycles. The minimum absolute atomic E-state index is 0.00913. The van der Waals surface area contributed by atoms with E-state index in [-0.39, 0.29) is 22.9 Å². The van der Waals surface area contributed by atoms with Gasteiger partial charge in [-0.15, -0.1) is 6.58 Å². The summed E-state index contributed by atoms with van der Waals surface area (Å²) in [5.74, 6) is -1.17. The van der Waals surface area contributed by atoms with E-state index in [1.54, 1.807) is 6.07 Å². The Hall–Kier alpha value is -3.76. The molecule has 1 saturated heterocycles. The van der Waals surface area contributed by atoms with Gasteiger partial charge in [-0.25, -0.2) is 0 Å². The van der Waals surface area contributed by atoms with Crippen LogP contribution in [-0.2, 0) is 16.6 Å². The van der Waals surface area contributed by atoms with E-state index in [1.165, 1.54) is 40.9 Å². The molecule has 2 amide bonds. The van der Waals surface area contributed by atoms with Crippen LogP contribution in [0.25, 0.3) is 17.0 Å². The summed E-state index contributed by atoms with van der Waals surface area (Å²) < 4.78 is 1.90. The van der Waals surface area contributed by atoms with E-state index in [9.17, 15) is 19.7 Å². The first kappa shape index (κ1) is 23.4. The van der Waals surface area contributed by atoms with Crippen LogP contribution in [0, 0.1) is 17.0 Å². The highest BCUT2D eigenvalue weighted by Crippen LogP contribution is 2.39. The van der Waals surface area contributed by atoms with Crippen molar-refractivity contribution in [3.05, 3.63) is 81.9 Å². The van der Waals surface area contributed by atoms with Gasteiger partial charge in [-0.1, -0.05) is 35.5 Å². The number of benzene rings is 2. The monoisotopic (exact) mass is 492 g/mol. The number of amides is 2. The lowest BCUT2D eigenvalue weighted by Crippen LogP contribution is -2.53. The molecule has 3 aromatic rings. The van der Waals surface area contributed by atoms with Crippen molar-refractivity contribution < 1.29 is 14.5 Å². The first-order valence-corrected chi connectivity index (χ1v) is 11.4. The molecule has 0 bridgehead atoms. The van der Waals surface area contributed by atoms with E-state index >= 15 is 0 Å². The predicted octanol–water partition coefficient (Wildman–Crippen LogP) is 4.36. The van der Waals surface area contributed by atoms with Gasteiger partial charge in [0.25, 0.3) is 17.5 Å². The second-order valence-electron chi connectivity index (χ2n) is 7.67. The maximum atomic E-state index is 13.1. The van der Waals surface area contributed by atoms with Gasteiger partial charge in [-0.05, 0) is 43.4 Å². The second-order valence-corrected chi connectivity index (χ2v) is 9.12. The van der Waals surface area contributed by atoms with Crippen molar-refractivity contribution in [2.24, 2.45) is 7.05 Å². The largest absolute Gasteiger partial charge is 0.338 e. The molecule has 2 heterocycles. The zero-order valence-corrected chi connectivity index (χ0v) is 20.0. The molecular weight excluding hydrogens is 472 g/mol. The van der Waals surface area contributed by atoms with Crippen molar-refractivity contribution in [3.8, 4) is 0 Å². The third-order valence-corrected chi connectivity index (χ3v) is 6.92. The summed E-state index contributed by atoms with van der Waals surface area (Å²) in [5.41, 5.74) is 2.19. The summed E-state index contributed by atoms with van der Waals surface area (Å²) >= 11 is 6.57. The molecule has 1 aliphatic rings. The maximum Gasteiger partial charge on any atom is 0.270 e. The molecular formula is C24H20N4O4S2. The highest BCUT2D eigenvalue weighted by molar-refractivity contribution is 7.99. The lowest BCUT2D eigenvalue weighted by atomic mass is 10.1. The Bertz CT molecular complexity index is 1410. The molecule has 0 radical (unpaired) electrons. The number of fused-ring (bicyclic) bond motifs is 1. The molecule has 1 aliphatic heterocycles. The summed E-state index contributed by atoms with van der Waals surface area (Å²) in [4.78, 5) is 39.0. The van der Waals surface area contributed by atoms with E-state index in [1.807, 2.05) is 42.8 Å². The molecule has 10 heteroatoms. The number of non-ortho nitro benzene ring substituents is 1. The van der Waals surface area contributed by atoms with Gasteiger partial charge in [0.15, 0.2) is 5.11 Å². The van der Waals surface area contributed by atoms with Crippen molar-refractivity contribution in [2.45, 2.75) is 16.8 Å². The summed E-state index contributed by atoms with van der Waals surface area (Å²) in [6.07, 6.45) is 3.00. The zero-order chi connectivity index (χ0) is 24.6. The highest BCUT2D eigenvalue weighted by Gasteiger charge is 2.33. The number of hydrogen-bond donors (Lipinski definition) is 1. The SMILES string of the molecule is C=CCN1C(=O)/C(=C/c2c(Sc3ccc(C)cc3)n(C)c3ccc([N+](=O)[O-])cc23)C(=O)NC1=S. The van der Waals surface area contributed by atoms with Crippen LogP contribution in [0.3, 0.4) is 0 Å². The second kappa shape index (κ2) is 9.24. The number of nitrogens with one attached hydrogen (secondary N) is 1. The standard InChI is InChI=1S/C24H20N4O4S2/c1-4-11-27-22(30)19(21(29)25-24(27)33)13-18-17-12-15(28(31)32)7-10-20(17)26(3)23(18)34-16-8-5-14(2)6-9-16/h4-10,12-13H,1,11H2,2-3H3,(H,25,29,33)/b19-13+. The Balaban J connectivity index is 1.94. The van der Waals surface area contributed by atoms with Gasteiger partial charge in [0, 0.05) is 47.1 Å². The van der Waals surface area contributed by atoms with Crippen LogP contribution < -0.4 is 5.32 Å². The van der Waals surface area contributed by atoms with Crippen LogP contribution in [0.15, 0.2) is 70.6 Å². The molecule has 1 fully saturated rings. The van der Waals surface area contributed by atoms with Gasteiger partial charge in [0.1, 0.15) is 5.57 Å². The van der Waals surface area contributed by atoms with Crippen LogP contribution in [0.2, 0.25) is 0 Å². The number of carbonyl (C=O) groups is 2. The number of rotatable bonds is 6. The van der Waals surface area contributed by atoms with Crippen molar-refractivity contribution in [2.75, 3.05) is 6.54 Å². The number of aryl methyl sites for hydroxylation is 2. The molecule has 0 spiro atoms. The number of carbonyl (C=O) groups excluding carboxylic acids is 2. The van der Waals surface area contributed by atoms with Crippen molar-refractivity contribution in [1.82, 2.24) is 14.8 Å². The minimum atomic E-state index is -0.621. The fourth-order valence-electron chi connectivity index (χ4n) is 3.67. The highest BCUT2D eigenvalue weighted by atomic mass is 32.2. The van der Waals surface area contributed by atoms with E-state index in [0.29, 0.717) is 10.9 Å². The summed E-state index contributed by atoms with van der Waals surface area (Å²) in [7, 11) is 1.84. The molecule has 8 nitrogen and oxygen atoms in total. The third-order valence-electron chi connectivity index (χ3n) is 5.40. The lowest BCUT2D eigenvalue weighted by Gasteiger charge is -2.27. The van der Waals surface area contributed by atoms with Crippen LogP contribution in [0.5, 0.6) is 0 Å². The topological polar surface area (TPSA) is 97.5 Å². The fraction of sp³-hybridized carbons (Fsp3) is 0.125. The quantitative estimate of drug-likeness (QED) is 0.137. The molecule has 0 atom stereocenters. The summed E-state index contributed by atoms with van der Waals surface area (Å²) in [6.45, 7) is 5.77. The van der Waals surface area contributed by atoms with Crippen molar-refractivity contribution in [3.63, 3.8) is 0 Å². The predicted molar refractivity (Wildman–Crippen MR) is 136 cm³/mol. The van der Waals surface area contributed by atoms with Gasteiger partial charge in [0.2, 0.25) is 0 Å². The average molecular weight is 493 g/mol. The van der Waals surface area contributed by atoms with Gasteiger partial charge in [-0.3, -0.25) is 29.9 Å². The molecule has 0 saturated carbocycles. The molecule has 4 rings (SSSR count). The van der Waals surface area contributed by atoms with E-state index < -0.39 is 16.7 Å². The molecule has 1 N–H and O–H groups in total. The van der Waals surface area contributed by atoms with Crippen molar-refractivity contribution >= 4 is 63.6 Å². The number of nitrogens with zero attached hydrogens (tertiary/aromatic N) is 3. The maximum absolute atomic E-state index is 13.1. The van der Waals surface area contributed by atoms with Gasteiger partial charge in [-0.2, -0.15) is 0 Å². The number of hydrogen-bond acceptors (Lipinski definition) is 6. The first-order valence-electron chi connectivity index (χ1n) is 10.2. The zero-order valence-electron chi connectivity index (χ0n) is 18.4. The van der Waals surface area contributed by atoms with Crippen molar-refractivity contribution in [1.29, 1.82) is 0 Å². The lowest BCUT2D eigenvalue weighted by molar-refractivity contribution is -0.384. The number of nitro benzene ring substituents is 1. The number of thiocarbonyl (C=S) groups is 1. The number of aromatic nitrogens is 1.